The van der Waals surface area contributed by atoms with Gasteiger partial charge in [-0.3, -0.25) is 4.79 Å². The minimum absolute atomic E-state index is 0.237. The van der Waals surface area contributed by atoms with E-state index in [0.29, 0.717) is 6.42 Å². The molecular formula is C24H38O2S. The molecule has 0 spiro atoms. The van der Waals surface area contributed by atoms with Gasteiger partial charge in [-0.2, -0.15) is 0 Å². The number of carboxylic acids is 1. The standard InChI is InChI=1S/C24H38O2S/c1-3-5-6-7-8-9-10-11-12-13-14-15-16-17-18-19-20-21-22-27-23(4-2)24(25)26/h5-6,8-9,11-12,14-15,17-18,23H,3-4,7,10,13,16,19-22H2,1-2H3,(H,25,26)/b6-5+,9-8+,12-11-,15-14-,18-17-. The third-order valence-electron chi connectivity index (χ3n) is 3.89. The molecule has 0 aliphatic carbocycles. The molecule has 0 saturated heterocycles. The Balaban J connectivity index is 3.51. The fourth-order valence-electron chi connectivity index (χ4n) is 2.32. The van der Waals surface area contributed by atoms with Gasteiger partial charge in [0.15, 0.2) is 0 Å². The summed E-state index contributed by atoms with van der Waals surface area (Å²) in [7, 11) is 0. The van der Waals surface area contributed by atoms with Gasteiger partial charge in [0.2, 0.25) is 0 Å². The summed E-state index contributed by atoms with van der Waals surface area (Å²) in [5.41, 5.74) is 0. The normalized spacial score (nSPS) is 13.9. The largest absolute Gasteiger partial charge is 0.480 e. The van der Waals surface area contributed by atoms with E-state index in [9.17, 15) is 4.79 Å². The number of carbonyl (C=O) groups is 1. The highest BCUT2D eigenvalue weighted by molar-refractivity contribution is 8.00. The summed E-state index contributed by atoms with van der Waals surface area (Å²) in [6.45, 7) is 4.09. The van der Waals surface area contributed by atoms with Crippen molar-refractivity contribution in [3.05, 3.63) is 60.8 Å². The molecule has 0 radical (unpaired) electrons. The van der Waals surface area contributed by atoms with E-state index in [1.807, 2.05) is 6.92 Å². The number of carboxylic acid groups (broad SMARTS) is 1. The Morgan fingerprint density at radius 3 is 1.70 bits per heavy atom. The molecule has 0 saturated carbocycles. The van der Waals surface area contributed by atoms with Crippen molar-refractivity contribution in [3.63, 3.8) is 0 Å². The van der Waals surface area contributed by atoms with E-state index in [1.165, 1.54) is 0 Å². The second kappa shape index (κ2) is 20.8. The minimum atomic E-state index is -0.680. The molecule has 152 valence electrons. The Morgan fingerprint density at radius 2 is 1.26 bits per heavy atom. The molecule has 1 N–H and O–H groups in total. The molecule has 3 heteroatoms. The van der Waals surface area contributed by atoms with Crippen LogP contribution in [0.5, 0.6) is 0 Å². The lowest BCUT2D eigenvalue weighted by atomic mass is 10.2. The lowest BCUT2D eigenvalue weighted by molar-refractivity contribution is -0.136. The van der Waals surface area contributed by atoms with Crippen molar-refractivity contribution in [2.45, 2.75) is 76.9 Å². The zero-order chi connectivity index (χ0) is 20.0. The first kappa shape index (κ1) is 25.5. The molecular weight excluding hydrogens is 352 g/mol. The molecule has 0 rings (SSSR count). The first-order valence-electron chi connectivity index (χ1n) is 10.3. The van der Waals surface area contributed by atoms with Gasteiger partial charge in [-0.25, -0.2) is 0 Å². The molecule has 0 bridgehead atoms. The number of hydrogen-bond donors (Lipinski definition) is 1. The zero-order valence-corrected chi connectivity index (χ0v) is 18.0. The molecule has 0 aliphatic rings. The number of thioether (sulfide) groups is 1. The van der Waals surface area contributed by atoms with Crippen LogP contribution in [-0.2, 0) is 4.79 Å². The first-order valence-corrected chi connectivity index (χ1v) is 11.4. The van der Waals surface area contributed by atoms with E-state index in [0.717, 1.165) is 57.1 Å². The SMILES string of the molecule is CC/C=C/C/C=C/C/C=C\C/C=C\C/C=C\CCCCSC(CC)C(=O)O. The number of allylic oxidation sites excluding steroid dienone is 10. The summed E-state index contributed by atoms with van der Waals surface area (Å²) in [5.74, 6) is 0.260. The number of aliphatic carboxylic acids is 1. The number of hydrogen-bond acceptors (Lipinski definition) is 2. The summed E-state index contributed by atoms with van der Waals surface area (Å²) in [6.07, 6.45) is 31.3. The molecule has 0 aromatic carbocycles. The van der Waals surface area contributed by atoms with Crippen LogP contribution in [0.1, 0.15) is 71.6 Å². The zero-order valence-electron chi connectivity index (χ0n) is 17.2. The molecule has 2 nitrogen and oxygen atoms in total. The molecule has 1 unspecified atom stereocenters. The van der Waals surface area contributed by atoms with Gasteiger partial charge < -0.3 is 5.11 Å². The lowest BCUT2D eigenvalue weighted by Crippen LogP contribution is -2.15. The number of unbranched alkanes of at least 4 members (excludes halogenated alkanes) is 2. The van der Waals surface area contributed by atoms with Crippen LogP contribution in [0.15, 0.2) is 60.8 Å². The molecule has 0 amide bonds. The molecule has 0 heterocycles. The van der Waals surface area contributed by atoms with Gasteiger partial charge in [-0.15, -0.1) is 11.8 Å². The highest BCUT2D eigenvalue weighted by Gasteiger charge is 2.14. The lowest BCUT2D eigenvalue weighted by Gasteiger charge is -2.08. The molecule has 0 aromatic rings. The van der Waals surface area contributed by atoms with Gasteiger partial charge in [0.05, 0.1) is 0 Å². The first-order chi connectivity index (χ1) is 13.2. The van der Waals surface area contributed by atoms with Gasteiger partial charge in [0.1, 0.15) is 5.25 Å². The van der Waals surface area contributed by atoms with Crippen LogP contribution in [0.25, 0.3) is 0 Å². The van der Waals surface area contributed by atoms with Crippen LogP contribution < -0.4 is 0 Å². The van der Waals surface area contributed by atoms with Crippen molar-refractivity contribution in [1.82, 2.24) is 0 Å². The maximum atomic E-state index is 10.9. The van der Waals surface area contributed by atoms with Crippen molar-refractivity contribution >= 4 is 17.7 Å². The monoisotopic (exact) mass is 390 g/mol. The summed E-state index contributed by atoms with van der Waals surface area (Å²) < 4.78 is 0. The Hall–Kier alpha value is -1.48. The van der Waals surface area contributed by atoms with E-state index >= 15 is 0 Å². The van der Waals surface area contributed by atoms with Crippen molar-refractivity contribution < 1.29 is 9.90 Å². The van der Waals surface area contributed by atoms with Crippen molar-refractivity contribution in [1.29, 1.82) is 0 Å². The van der Waals surface area contributed by atoms with Gasteiger partial charge in [0, 0.05) is 0 Å². The fourth-order valence-corrected chi connectivity index (χ4v) is 3.36. The average Bonchev–Trinajstić information content (AvgIpc) is 2.66. The van der Waals surface area contributed by atoms with Crippen LogP contribution in [0.4, 0.5) is 0 Å². The van der Waals surface area contributed by atoms with Crippen molar-refractivity contribution in [3.8, 4) is 0 Å². The smallest absolute Gasteiger partial charge is 0.316 e. The van der Waals surface area contributed by atoms with E-state index in [2.05, 4.69) is 67.7 Å². The average molecular weight is 391 g/mol. The Labute approximate surface area is 171 Å². The van der Waals surface area contributed by atoms with E-state index in [1.54, 1.807) is 11.8 Å². The maximum absolute atomic E-state index is 10.9. The van der Waals surface area contributed by atoms with Gasteiger partial charge >= 0.3 is 5.97 Å². The van der Waals surface area contributed by atoms with Gasteiger partial charge in [-0.1, -0.05) is 74.6 Å². The highest BCUT2D eigenvalue weighted by Crippen LogP contribution is 2.17. The summed E-state index contributed by atoms with van der Waals surface area (Å²) >= 11 is 1.57. The van der Waals surface area contributed by atoms with Gasteiger partial charge in [0.25, 0.3) is 0 Å². The van der Waals surface area contributed by atoms with E-state index in [-0.39, 0.29) is 5.25 Å². The van der Waals surface area contributed by atoms with Crippen molar-refractivity contribution in [2.75, 3.05) is 5.75 Å². The van der Waals surface area contributed by atoms with Crippen LogP contribution >= 0.6 is 11.8 Å². The Bertz CT molecular complexity index is 487. The van der Waals surface area contributed by atoms with E-state index < -0.39 is 5.97 Å². The van der Waals surface area contributed by atoms with Crippen molar-refractivity contribution in [2.24, 2.45) is 0 Å². The fraction of sp³-hybridized carbons (Fsp3) is 0.542. The summed E-state index contributed by atoms with van der Waals surface area (Å²) in [4.78, 5) is 10.9. The minimum Gasteiger partial charge on any atom is -0.480 e. The third kappa shape index (κ3) is 19.1. The van der Waals surface area contributed by atoms with Crippen LogP contribution in [0.2, 0.25) is 0 Å². The molecule has 0 aliphatic heterocycles. The second-order valence-electron chi connectivity index (χ2n) is 6.31. The second-order valence-corrected chi connectivity index (χ2v) is 7.62. The molecule has 27 heavy (non-hydrogen) atoms. The topological polar surface area (TPSA) is 37.3 Å². The predicted molar refractivity (Wildman–Crippen MR) is 122 cm³/mol. The quantitative estimate of drug-likeness (QED) is 0.206. The molecule has 0 aromatic heterocycles. The molecule has 1 atom stereocenters. The molecule has 0 fully saturated rings. The highest BCUT2D eigenvalue weighted by atomic mass is 32.2. The van der Waals surface area contributed by atoms with Gasteiger partial charge in [-0.05, 0) is 63.5 Å². The maximum Gasteiger partial charge on any atom is 0.316 e. The number of rotatable bonds is 17. The predicted octanol–water partition coefficient (Wildman–Crippen LogP) is 7.50. The third-order valence-corrected chi connectivity index (χ3v) is 5.35. The Morgan fingerprint density at radius 1 is 0.778 bits per heavy atom. The van der Waals surface area contributed by atoms with Crippen LogP contribution in [-0.4, -0.2) is 22.1 Å². The van der Waals surface area contributed by atoms with E-state index in [4.69, 9.17) is 5.11 Å². The Kier molecular flexibility index (Phi) is 19.7. The summed E-state index contributed by atoms with van der Waals surface area (Å²) in [6, 6.07) is 0. The van der Waals surface area contributed by atoms with Crippen LogP contribution in [0.3, 0.4) is 0 Å². The summed E-state index contributed by atoms with van der Waals surface area (Å²) in [5, 5.41) is 8.74. The van der Waals surface area contributed by atoms with Crippen LogP contribution in [0, 0.1) is 0 Å².